The Balaban J connectivity index is 2.06. The van der Waals surface area contributed by atoms with E-state index in [1.807, 2.05) is 18.2 Å². The van der Waals surface area contributed by atoms with Crippen LogP contribution < -0.4 is 0 Å². The van der Waals surface area contributed by atoms with Crippen molar-refractivity contribution in [3.05, 3.63) is 33.9 Å². The molecule has 0 fully saturated rings. The zero-order chi connectivity index (χ0) is 17.0. The highest BCUT2D eigenvalue weighted by Gasteiger charge is 2.51. The lowest BCUT2D eigenvalue weighted by molar-refractivity contribution is -0.141. The van der Waals surface area contributed by atoms with Gasteiger partial charge in [0.05, 0.1) is 0 Å². The smallest absolute Gasteiger partial charge is 0.325 e. The maximum Gasteiger partial charge on any atom is 0.325 e. The number of aromatic nitrogens is 1. The molecule has 0 aliphatic heterocycles. The van der Waals surface area contributed by atoms with E-state index in [9.17, 15) is 18.3 Å². The van der Waals surface area contributed by atoms with Gasteiger partial charge in [0, 0.05) is 27.3 Å². The summed E-state index contributed by atoms with van der Waals surface area (Å²) in [6, 6.07) is 5.96. The number of aryl methyl sites for hydroxylation is 1. The van der Waals surface area contributed by atoms with Crippen molar-refractivity contribution >= 4 is 42.6 Å². The molecule has 0 spiro atoms. The Labute approximate surface area is 143 Å². The van der Waals surface area contributed by atoms with Gasteiger partial charge in [0.2, 0.25) is 0 Å². The molecular formula is C16H18BrNO4S. The number of halogens is 1. The first-order valence-corrected chi connectivity index (χ1v) is 10.0. The fourth-order valence-corrected chi connectivity index (χ4v) is 4.99. The van der Waals surface area contributed by atoms with Crippen LogP contribution >= 0.6 is 15.9 Å². The predicted octanol–water partition coefficient (Wildman–Crippen LogP) is 2.92. The number of H-pyrrole nitrogens is 1. The molecule has 0 saturated heterocycles. The summed E-state index contributed by atoms with van der Waals surface area (Å²) < 4.78 is 23.5. The SMILES string of the molecule is CC(C(=O)O)(C1CCc2c([nH]c3ccc(Br)cc23)C1)S(C)(=O)=O. The Hall–Kier alpha value is -1.34. The van der Waals surface area contributed by atoms with Gasteiger partial charge in [0.1, 0.15) is 0 Å². The van der Waals surface area contributed by atoms with Crippen LogP contribution in [0.5, 0.6) is 0 Å². The van der Waals surface area contributed by atoms with E-state index in [0.29, 0.717) is 19.3 Å². The van der Waals surface area contributed by atoms with Crippen LogP contribution in [0, 0.1) is 5.92 Å². The third-order valence-corrected chi connectivity index (χ3v) is 7.67. The molecule has 0 radical (unpaired) electrons. The van der Waals surface area contributed by atoms with Crippen LogP contribution in [-0.4, -0.2) is 35.5 Å². The highest BCUT2D eigenvalue weighted by molar-refractivity contribution is 9.10. The average Bonchev–Trinajstić information content (AvgIpc) is 2.81. The second-order valence-corrected chi connectivity index (χ2v) is 9.70. The van der Waals surface area contributed by atoms with Gasteiger partial charge >= 0.3 is 5.97 Å². The summed E-state index contributed by atoms with van der Waals surface area (Å²) in [6.07, 6.45) is 2.66. The zero-order valence-corrected chi connectivity index (χ0v) is 15.3. The van der Waals surface area contributed by atoms with Crippen molar-refractivity contribution < 1.29 is 18.3 Å². The van der Waals surface area contributed by atoms with Crippen molar-refractivity contribution in [2.75, 3.05) is 6.26 Å². The van der Waals surface area contributed by atoms with E-state index >= 15 is 0 Å². The fraction of sp³-hybridized carbons (Fsp3) is 0.438. The first kappa shape index (κ1) is 16.5. The molecule has 1 heterocycles. The Morgan fingerprint density at radius 1 is 1.43 bits per heavy atom. The summed E-state index contributed by atoms with van der Waals surface area (Å²) in [5, 5.41) is 10.7. The molecule has 2 N–H and O–H groups in total. The monoisotopic (exact) mass is 399 g/mol. The van der Waals surface area contributed by atoms with E-state index in [1.54, 1.807) is 0 Å². The van der Waals surface area contributed by atoms with Gasteiger partial charge in [-0.05, 0) is 55.9 Å². The summed E-state index contributed by atoms with van der Waals surface area (Å²) in [6.45, 7) is 1.33. The quantitative estimate of drug-likeness (QED) is 0.830. The maximum atomic E-state index is 12.1. The number of aliphatic carboxylic acids is 1. The number of hydrogen-bond acceptors (Lipinski definition) is 3. The lowest BCUT2D eigenvalue weighted by Crippen LogP contribution is -2.51. The molecule has 2 aromatic rings. The molecule has 2 unspecified atom stereocenters. The third-order valence-electron chi connectivity index (χ3n) is 5.12. The van der Waals surface area contributed by atoms with Crippen LogP contribution in [0.15, 0.2) is 22.7 Å². The number of benzene rings is 1. The predicted molar refractivity (Wildman–Crippen MR) is 92.4 cm³/mol. The van der Waals surface area contributed by atoms with Crippen LogP contribution in [0.4, 0.5) is 0 Å². The van der Waals surface area contributed by atoms with Crippen molar-refractivity contribution in [3.63, 3.8) is 0 Å². The molecule has 7 heteroatoms. The van der Waals surface area contributed by atoms with E-state index < -0.39 is 26.5 Å². The van der Waals surface area contributed by atoms with Gasteiger partial charge in [-0.2, -0.15) is 0 Å². The van der Waals surface area contributed by atoms with Gasteiger partial charge in [0.15, 0.2) is 14.6 Å². The van der Waals surface area contributed by atoms with Crippen molar-refractivity contribution in [1.29, 1.82) is 0 Å². The van der Waals surface area contributed by atoms with E-state index in [1.165, 1.54) is 12.5 Å². The first-order chi connectivity index (χ1) is 10.6. The molecule has 23 heavy (non-hydrogen) atoms. The van der Waals surface area contributed by atoms with Gasteiger partial charge in [-0.25, -0.2) is 8.42 Å². The number of sulfone groups is 1. The summed E-state index contributed by atoms with van der Waals surface area (Å²) >= 11 is 3.46. The van der Waals surface area contributed by atoms with Crippen LogP contribution in [0.25, 0.3) is 10.9 Å². The molecule has 2 atom stereocenters. The zero-order valence-electron chi connectivity index (χ0n) is 12.9. The second kappa shape index (κ2) is 5.34. The van der Waals surface area contributed by atoms with Crippen LogP contribution in [0.2, 0.25) is 0 Å². The average molecular weight is 400 g/mol. The van der Waals surface area contributed by atoms with Gasteiger partial charge in [-0.15, -0.1) is 0 Å². The molecule has 1 aromatic heterocycles. The Morgan fingerprint density at radius 2 is 2.13 bits per heavy atom. The highest BCUT2D eigenvalue weighted by Crippen LogP contribution is 2.39. The van der Waals surface area contributed by atoms with Crippen LogP contribution in [0.1, 0.15) is 24.6 Å². The number of nitrogens with one attached hydrogen (secondary N) is 1. The minimum absolute atomic E-state index is 0.428. The minimum Gasteiger partial charge on any atom is -0.480 e. The maximum absolute atomic E-state index is 12.1. The number of carbonyl (C=O) groups is 1. The first-order valence-electron chi connectivity index (χ1n) is 7.36. The van der Waals surface area contributed by atoms with E-state index in [4.69, 9.17) is 0 Å². The van der Waals surface area contributed by atoms with E-state index in [2.05, 4.69) is 20.9 Å². The molecular weight excluding hydrogens is 382 g/mol. The normalized spacial score (nSPS) is 20.9. The number of aromatic amines is 1. The van der Waals surface area contributed by atoms with E-state index in [-0.39, 0.29) is 0 Å². The summed E-state index contributed by atoms with van der Waals surface area (Å²) in [5.74, 6) is -1.72. The summed E-state index contributed by atoms with van der Waals surface area (Å²) in [7, 11) is -3.72. The number of carboxylic acids is 1. The molecule has 124 valence electrons. The Bertz CT molecular complexity index is 902. The van der Waals surface area contributed by atoms with Crippen LogP contribution in [0.3, 0.4) is 0 Å². The summed E-state index contributed by atoms with van der Waals surface area (Å²) in [5.41, 5.74) is 3.11. The third kappa shape index (κ3) is 2.50. The summed E-state index contributed by atoms with van der Waals surface area (Å²) in [4.78, 5) is 15.0. The van der Waals surface area contributed by atoms with Gasteiger partial charge in [-0.1, -0.05) is 15.9 Å². The van der Waals surface area contributed by atoms with Crippen molar-refractivity contribution in [1.82, 2.24) is 4.98 Å². The molecule has 3 rings (SSSR count). The van der Waals surface area contributed by atoms with Gasteiger partial charge < -0.3 is 10.1 Å². The molecule has 1 aliphatic carbocycles. The molecule has 0 bridgehead atoms. The topological polar surface area (TPSA) is 87.2 Å². The van der Waals surface area contributed by atoms with Crippen LogP contribution in [-0.2, 0) is 27.5 Å². The largest absolute Gasteiger partial charge is 0.480 e. The molecule has 5 nitrogen and oxygen atoms in total. The van der Waals surface area contributed by atoms with E-state index in [0.717, 1.165) is 27.3 Å². The lowest BCUT2D eigenvalue weighted by Gasteiger charge is -2.34. The van der Waals surface area contributed by atoms with Gasteiger partial charge in [0.25, 0.3) is 0 Å². The highest BCUT2D eigenvalue weighted by atomic mass is 79.9. The van der Waals surface area contributed by atoms with Crippen molar-refractivity contribution in [2.24, 2.45) is 5.92 Å². The van der Waals surface area contributed by atoms with Gasteiger partial charge in [-0.3, -0.25) is 4.79 Å². The standard InChI is InChI=1S/C16H18BrNO4S/c1-16(15(19)20,23(2,21)22)9-3-5-11-12-8-10(17)4-6-13(12)18-14(11)7-9/h4,6,8-9,18H,3,5,7H2,1-2H3,(H,19,20). The lowest BCUT2D eigenvalue weighted by atomic mass is 9.79. The molecule has 0 saturated carbocycles. The Kier molecular flexibility index (Phi) is 3.84. The molecule has 1 aromatic carbocycles. The van der Waals surface area contributed by atoms with Crippen molar-refractivity contribution in [2.45, 2.75) is 30.9 Å². The minimum atomic E-state index is -3.72. The second-order valence-electron chi connectivity index (χ2n) is 6.40. The molecule has 0 amide bonds. The Morgan fingerprint density at radius 3 is 2.74 bits per heavy atom. The number of hydrogen-bond donors (Lipinski definition) is 2. The molecule has 1 aliphatic rings. The van der Waals surface area contributed by atoms with Crippen molar-refractivity contribution in [3.8, 4) is 0 Å². The number of carboxylic acid groups (broad SMARTS) is 1. The number of rotatable bonds is 3. The fourth-order valence-electron chi connectivity index (χ4n) is 3.51. The number of fused-ring (bicyclic) bond motifs is 3.